The van der Waals surface area contributed by atoms with Gasteiger partial charge in [-0.25, -0.2) is 0 Å². The predicted octanol–water partition coefficient (Wildman–Crippen LogP) is 4.65. The molecule has 3 unspecified atom stereocenters. The van der Waals surface area contributed by atoms with Crippen molar-refractivity contribution in [1.29, 1.82) is 0 Å². The molecule has 0 saturated heterocycles. The molecule has 7 atom stereocenters. The van der Waals surface area contributed by atoms with Gasteiger partial charge in [-0.1, -0.05) is 12.1 Å². The SMILES string of the molecule is Cc1c(O[C@]2(c3ccc(O)c(O)c3)Oc3cc(O)cc(O)c3C[C@H]2O)cc(O)c2c1O[C@H](c1ccc(O)c(O)c1)[C@@H](O)C2c1c(O)cc(O)c2c1OC(c1ccc(O)c(O)c1)C(O)C2. The molecule has 18 nitrogen and oxygen atoms in total. The molecule has 0 fully saturated rings. The first kappa shape index (κ1) is 41.5. The molecule has 332 valence electrons. The van der Waals surface area contributed by atoms with Gasteiger partial charge in [0, 0.05) is 70.5 Å². The number of aliphatic hydroxyl groups is 3. The molecule has 9 rings (SSSR count). The number of hydrogen-bond donors (Lipinski definition) is 14. The molecule has 18 heteroatoms. The lowest BCUT2D eigenvalue weighted by Gasteiger charge is -2.43. The summed E-state index contributed by atoms with van der Waals surface area (Å²) in [5.74, 6) is -10.5. The highest BCUT2D eigenvalue weighted by molar-refractivity contribution is 5.68. The number of phenols is 11. The second-order valence-electron chi connectivity index (χ2n) is 15.9. The first-order chi connectivity index (χ1) is 30.4. The van der Waals surface area contributed by atoms with Gasteiger partial charge < -0.3 is 90.4 Å². The minimum atomic E-state index is -2.36. The third kappa shape index (κ3) is 6.54. The summed E-state index contributed by atoms with van der Waals surface area (Å²) in [5, 5.41) is 153. The van der Waals surface area contributed by atoms with Gasteiger partial charge in [-0.05, 0) is 60.5 Å². The summed E-state index contributed by atoms with van der Waals surface area (Å²) in [6.07, 6.45) is -8.25. The quantitative estimate of drug-likeness (QED) is 0.101. The topological polar surface area (TPSA) is 320 Å². The van der Waals surface area contributed by atoms with Gasteiger partial charge in [-0.3, -0.25) is 0 Å². The maximum absolute atomic E-state index is 12.4. The summed E-state index contributed by atoms with van der Waals surface area (Å²) in [5.41, 5.74) is -0.0464. The van der Waals surface area contributed by atoms with E-state index in [1.54, 1.807) is 0 Å². The molecule has 3 aliphatic rings. The van der Waals surface area contributed by atoms with Crippen LogP contribution in [0.15, 0.2) is 78.9 Å². The van der Waals surface area contributed by atoms with E-state index in [-0.39, 0.29) is 80.3 Å². The van der Waals surface area contributed by atoms with Crippen LogP contribution in [0.4, 0.5) is 0 Å². The largest absolute Gasteiger partial charge is 0.508 e. The van der Waals surface area contributed by atoms with E-state index < -0.39 is 105 Å². The van der Waals surface area contributed by atoms with Gasteiger partial charge in [0.15, 0.2) is 40.6 Å². The Morgan fingerprint density at radius 1 is 0.531 bits per heavy atom. The van der Waals surface area contributed by atoms with E-state index in [2.05, 4.69) is 0 Å². The Hall–Kier alpha value is -7.80. The van der Waals surface area contributed by atoms with Crippen molar-refractivity contribution >= 4 is 0 Å². The Kier molecular flexibility index (Phi) is 9.70. The number of rotatable bonds is 6. The van der Waals surface area contributed by atoms with Crippen LogP contribution < -0.4 is 18.9 Å². The summed E-state index contributed by atoms with van der Waals surface area (Å²) < 4.78 is 25.6. The second-order valence-corrected chi connectivity index (χ2v) is 15.9. The van der Waals surface area contributed by atoms with Gasteiger partial charge in [-0.2, -0.15) is 0 Å². The zero-order valence-electron chi connectivity index (χ0n) is 33.3. The summed E-state index contributed by atoms with van der Waals surface area (Å²) in [4.78, 5) is 0. The van der Waals surface area contributed by atoms with Gasteiger partial charge in [0.2, 0.25) is 0 Å². The highest BCUT2D eigenvalue weighted by atomic mass is 16.7. The number of phenolic OH excluding ortho intramolecular Hbond substituents is 11. The Labute approximate surface area is 361 Å². The van der Waals surface area contributed by atoms with Crippen molar-refractivity contribution in [3.8, 4) is 86.2 Å². The third-order valence-corrected chi connectivity index (χ3v) is 12.0. The van der Waals surface area contributed by atoms with Gasteiger partial charge in [0.1, 0.15) is 70.1 Å². The maximum Gasteiger partial charge on any atom is 0.304 e. The van der Waals surface area contributed by atoms with E-state index >= 15 is 0 Å². The molecule has 64 heavy (non-hydrogen) atoms. The van der Waals surface area contributed by atoms with Crippen molar-refractivity contribution in [1.82, 2.24) is 0 Å². The fraction of sp³-hybridized carbons (Fsp3) is 0.217. The Morgan fingerprint density at radius 3 is 1.73 bits per heavy atom. The average molecular weight is 881 g/mol. The minimum absolute atomic E-state index is 0.00494. The van der Waals surface area contributed by atoms with Gasteiger partial charge in [0.25, 0.3) is 0 Å². The molecule has 6 aromatic rings. The van der Waals surface area contributed by atoms with Crippen LogP contribution in [0.3, 0.4) is 0 Å². The maximum atomic E-state index is 12.4. The van der Waals surface area contributed by atoms with Crippen molar-refractivity contribution < 1.29 is 90.4 Å². The van der Waals surface area contributed by atoms with Crippen molar-refractivity contribution in [2.24, 2.45) is 0 Å². The highest BCUT2D eigenvalue weighted by Gasteiger charge is 2.52. The molecular weight excluding hydrogens is 840 g/mol. The highest BCUT2D eigenvalue weighted by Crippen LogP contribution is 2.59. The lowest BCUT2D eigenvalue weighted by atomic mass is 9.76. The van der Waals surface area contributed by atoms with Crippen LogP contribution in [0, 0.1) is 6.92 Å². The van der Waals surface area contributed by atoms with Crippen LogP contribution in [0.1, 0.15) is 62.6 Å². The van der Waals surface area contributed by atoms with Crippen LogP contribution in [0.5, 0.6) is 86.2 Å². The number of aromatic hydroxyl groups is 11. The first-order valence-corrected chi connectivity index (χ1v) is 19.7. The molecule has 0 spiro atoms. The normalized spacial score (nSPS) is 23.4. The zero-order valence-corrected chi connectivity index (χ0v) is 33.3. The van der Waals surface area contributed by atoms with Gasteiger partial charge in [-0.15, -0.1) is 0 Å². The summed E-state index contributed by atoms with van der Waals surface area (Å²) in [6.45, 7) is 1.48. The standard InChI is InChI=1S/C46H40O18/c1-17-35(63-46(20-4-7-26(50)31(55)10-20)37(59)14-22-27(51)11-21(47)12-36(22)64-46)16-33(57)38-40(41(60)44(61-42(17)38)19-3-6-25(49)30(54)9-19)39-32(56)15-28(52)23-13-34(58)43(62-45(23)39)18-2-5-24(48)29(53)8-18/h2-12,15-16,34,37,40-41,43-44,47-60H,13-14H2,1H3/t34?,37-,40?,41+,43?,44-,46-/m1/s1. The van der Waals surface area contributed by atoms with Gasteiger partial charge >= 0.3 is 5.79 Å². The number of benzene rings is 6. The fourth-order valence-electron chi connectivity index (χ4n) is 8.76. The molecule has 3 aliphatic heterocycles. The molecule has 0 amide bonds. The summed E-state index contributed by atoms with van der Waals surface area (Å²) in [7, 11) is 0. The molecule has 3 heterocycles. The third-order valence-electron chi connectivity index (χ3n) is 12.0. The number of aliphatic hydroxyl groups excluding tert-OH is 3. The molecule has 0 aliphatic carbocycles. The molecule has 0 bridgehead atoms. The first-order valence-electron chi connectivity index (χ1n) is 19.7. The van der Waals surface area contributed by atoms with Crippen LogP contribution in [0.2, 0.25) is 0 Å². The van der Waals surface area contributed by atoms with Crippen molar-refractivity contribution in [3.63, 3.8) is 0 Å². The second kappa shape index (κ2) is 14.9. The van der Waals surface area contributed by atoms with Gasteiger partial charge in [0.05, 0.1) is 12.0 Å². The molecule has 0 saturated carbocycles. The van der Waals surface area contributed by atoms with E-state index in [1.165, 1.54) is 31.2 Å². The zero-order chi connectivity index (χ0) is 45.7. The van der Waals surface area contributed by atoms with E-state index in [0.29, 0.717) is 0 Å². The van der Waals surface area contributed by atoms with Crippen molar-refractivity contribution in [2.75, 3.05) is 0 Å². The summed E-state index contributed by atoms with van der Waals surface area (Å²) >= 11 is 0. The Bertz CT molecular complexity index is 2880. The van der Waals surface area contributed by atoms with Crippen molar-refractivity contribution in [3.05, 3.63) is 123 Å². The monoisotopic (exact) mass is 880 g/mol. The Balaban J connectivity index is 1.24. The van der Waals surface area contributed by atoms with E-state index in [1.807, 2.05) is 0 Å². The fourth-order valence-corrected chi connectivity index (χ4v) is 8.76. The molecular formula is C46H40O18. The lowest BCUT2D eigenvalue weighted by Crippen LogP contribution is -2.53. The smallest absolute Gasteiger partial charge is 0.304 e. The summed E-state index contributed by atoms with van der Waals surface area (Å²) in [6, 6.07) is 15.0. The number of ether oxygens (including phenoxy) is 4. The molecule has 6 aromatic carbocycles. The molecule has 0 aromatic heterocycles. The Morgan fingerprint density at radius 2 is 1.09 bits per heavy atom. The van der Waals surface area contributed by atoms with E-state index in [0.717, 1.165) is 54.6 Å². The van der Waals surface area contributed by atoms with E-state index in [9.17, 15) is 71.5 Å². The number of hydrogen-bond acceptors (Lipinski definition) is 18. The lowest BCUT2D eigenvalue weighted by molar-refractivity contribution is -0.203. The molecule has 14 N–H and O–H groups in total. The van der Waals surface area contributed by atoms with Crippen LogP contribution in [-0.2, 0) is 18.6 Å². The minimum Gasteiger partial charge on any atom is -0.508 e. The van der Waals surface area contributed by atoms with E-state index in [4.69, 9.17) is 18.9 Å². The molecule has 0 radical (unpaired) electrons. The number of fused-ring (bicyclic) bond motifs is 3. The van der Waals surface area contributed by atoms with Crippen molar-refractivity contribution in [2.45, 2.75) is 62.0 Å². The predicted molar refractivity (Wildman–Crippen MR) is 219 cm³/mol. The van der Waals surface area contributed by atoms with Crippen LogP contribution in [-0.4, -0.2) is 89.8 Å². The van der Waals surface area contributed by atoms with Crippen LogP contribution >= 0.6 is 0 Å². The van der Waals surface area contributed by atoms with Crippen LogP contribution in [0.25, 0.3) is 0 Å². The average Bonchev–Trinajstić information content (AvgIpc) is 3.24.